The van der Waals surface area contributed by atoms with Crippen LogP contribution in [0.1, 0.15) is 30.8 Å². The van der Waals surface area contributed by atoms with Crippen LogP contribution in [0.4, 0.5) is 5.82 Å². The molecule has 5 nitrogen and oxygen atoms in total. The topological polar surface area (TPSA) is 66.9 Å². The van der Waals surface area contributed by atoms with Gasteiger partial charge in [0.05, 0.1) is 12.4 Å². The zero-order chi connectivity index (χ0) is 12.5. The lowest BCUT2D eigenvalue weighted by Crippen LogP contribution is -2.27. The Bertz CT molecular complexity index is 413. The number of aromatic nitrogens is 2. The molecule has 5 heteroatoms. The van der Waals surface area contributed by atoms with Crippen LogP contribution >= 0.6 is 0 Å². The van der Waals surface area contributed by atoms with E-state index in [9.17, 15) is 4.79 Å². The molecular formula is C12H18N4O. The lowest BCUT2D eigenvalue weighted by atomic mass is 10.1. The molecule has 1 aromatic heterocycles. The number of hydrogen-bond acceptors (Lipinski definition) is 4. The van der Waals surface area contributed by atoms with E-state index in [1.54, 1.807) is 13.2 Å². The minimum atomic E-state index is -0.150. The summed E-state index contributed by atoms with van der Waals surface area (Å²) in [4.78, 5) is 19.9. The van der Waals surface area contributed by atoms with Crippen LogP contribution in [-0.2, 0) is 0 Å². The van der Waals surface area contributed by atoms with Gasteiger partial charge >= 0.3 is 0 Å². The third-order valence-corrected chi connectivity index (χ3v) is 3.37. The maximum Gasteiger partial charge on any atom is 0.271 e. The van der Waals surface area contributed by atoms with Gasteiger partial charge in [0.15, 0.2) is 0 Å². The Morgan fingerprint density at radius 3 is 2.65 bits per heavy atom. The molecule has 1 heterocycles. The number of amides is 1. The molecule has 1 aliphatic carbocycles. The van der Waals surface area contributed by atoms with Crippen LogP contribution in [-0.4, -0.2) is 29.5 Å². The van der Waals surface area contributed by atoms with E-state index in [2.05, 4.69) is 34.4 Å². The molecule has 1 saturated carbocycles. The van der Waals surface area contributed by atoms with E-state index in [1.807, 2.05) is 0 Å². The minimum Gasteiger partial charge on any atom is -0.372 e. The Kier molecular flexibility index (Phi) is 3.00. The molecule has 0 aliphatic heterocycles. The largest absolute Gasteiger partial charge is 0.372 e. The van der Waals surface area contributed by atoms with Crippen LogP contribution in [0.5, 0.6) is 0 Å². The van der Waals surface area contributed by atoms with E-state index in [-0.39, 0.29) is 5.91 Å². The third-order valence-electron chi connectivity index (χ3n) is 3.37. The molecule has 1 unspecified atom stereocenters. The zero-order valence-corrected chi connectivity index (χ0v) is 10.4. The highest BCUT2D eigenvalue weighted by molar-refractivity contribution is 5.92. The molecule has 0 aromatic carbocycles. The second-order valence-electron chi connectivity index (χ2n) is 5.14. The van der Waals surface area contributed by atoms with Crippen LogP contribution in [0.15, 0.2) is 12.4 Å². The fourth-order valence-electron chi connectivity index (χ4n) is 1.81. The van der Waals surface area contributed by atoms with Gasteiger partial charge < -0.3 is 10.6 Å². The maximum atomic E-state index is 11.8. The Morgan fingerprint density at radius 1 is 1.47 bits per heavy atom. The summed E-state index contributed by atoms with van der Waals surface area (Å²) in [6.45, 7) is 5.15. The van der Waals surface area contributed by atoms with Gasteiger partial charge in [-0.2, -0.15) is 0 Å². The van der Waals surface area contributed by atoms with Crippen LogP contribution in [0.2, 0.25) is 0 Å². The predicted molar refractivity (Wildman–Crippen MR) is 65.8 cm³/mol. The number of rotatable bonds is 4. The molecule has 2 N–H and O–H groups in total. The number of carbonyl (C=O) groups is 1. The van der Waals surface area contributed by atoms with Crippen molar-refractivity contribution in [3.8, 4) is 0 Å². The van der Waals surface area contributed by atoms with Crippen LogP contribution in [0.3, 0.4) is 0 Å². The summed E-state index contributed by atoms with van der Waals surface area (Å²) in [6.07, 6.45) is 4.22. The van der Waals surface area contributed by atoms with Crippen molar-refractivity contribution in [2.45, 2.75) is 20.3 Å². The maximum absolute atomic E-state index is 11.8. The normalized spacial score (nSPS) is 20.8. The van der Waals surface area contributed by atoms with E-state index in [1.165, 1.54) is 12.6 Å². The lowest BCUT2D eigenvalue weighted by molar-refractivity contribution is 0.0945. The van der Waals surface area contributed by atoms with Crippen molar-refractivity contribution in [2.75, 3.05) is 18.9 Å². The molecule has 0 radical (unpaired) electrons. The van der Waals surface area contributed by atoms with Crippen molar-refractivity contribution < 1.29 is 4.79 Å². The summed E-state index contributed by atoms with van der Waals surface area (Å²) in [5.74, 6) is 1.10. The summed E-state index contributed by atoms with van der Waals surface area (Å²) in [7, 11) is 1.76. The number of anilines is 1. The van der Waals surface area contributed by atoms with Crippen LogP contribution < -0.4 is 10.6 Å². The van der Waals surface area contributed by atoms with Crippen molar-refractivity contribution in [1.29, 1.82) is 0 Å². The van der Waals surface area contributed by atoms with E-state index >= 15 is 0 Å². The fraction of sp³-hybridized carbons (Fsp3) is 0.583. The molecule has 1 amide bonds. The SMILES string of the molecule is CNc1cnc(C(=O)NCC2CC2(C)C)cn1. The van der Waals surface area contributed by atoms with Gasteiger partial charge in [-0.1, -0.05) is 13.8 Å². The molecule has 1 aromatic rings. The van der Waals surface area contributed by atoms with Gasteiger partial charge in [0, 0.05) is 13.6 Å². The Balaban J connectivity index is 1.87. The monoisotopic (exact) mass is 234 g/mol. The van der Waals surface area contributed by atoms with Crippen molar-refractivity contribution in [3.63, 3.8) is 0 Å². The van der Waals surface area contributed by atoms with Crippen molar-refractivity contribution >= 4 is 11.7 Å². The first-order chi connectivity index (χ1) is 8.03. The summed E-state index contributed by atoms with van der Waals surface area (Å²) in [5, 5.41) is 5.75. The first-order valence-corrected chi connectivity index (χ1v) is 5.81. The molecule has 1 fully saturated rings. The van der Waals surface area contributed by atoms with E-state index in [0.29, 0.717) is 22.8 Å². The van der Waals surface area contributed by atoms with Gasteiger partial charge in [0.25, 0.3) is 5.91 Å². The smallest absolute Gasteiger partial charge is 0.271 e. The Hall–Kier alpha value is -1.65. The molecule has 1 aliphatic rings. The van der Waals surface area contributed by atoms with Crippen molar-refractivity contribution in [1.82, 2.24) is 15.3 Å². The summed E-state index contributed by atoms with van der Waals surface area (Å²) < 4.78 is 0. The molecule has 1 atom stereocenters. The second kappa shape index (κ2) is 4.31. The number of nitrogens with one attached hydrogen (secondary N) is 2. The highest BCUT2D eigenvalue weighted by Crippen LogP contribution is 2.50. The molecule has 0 saturated heterocycles. The number of nitrogens with zero attached hydrogens (tertiary/aromatic N) is 2. The zero-order valence-electron chi connectivity index (χ0n) is 10.4. The van der Waals surface area contributed by atoms with Crippen molar-refractivity contribution in [2.24, 2.45) is 11.3 Å². The summed E-state index contributed by atoms with van der Waals surface area (Å²) >= 11 is 0. The molecule has 92 valence electrons. The quantitative estimate of drug-likeness (QED) is 0.824. The first kappa shape index (κ1) is 11.8. The van der Waals surface area contributed by atoms with Gasteiger partial charge in [0.2, 0.25) is 0 Å². The lowest BCUT2D eigenvalue weighted by Gasteiger charge is -2.06. The van der Waals surface area contributed by atoms with Gasteiger partial charge in [-0.05, 0) is 17.8 Å². The average Bonchev–Trinajstić information content (AvgIpc) is 2.94. The Labute approximate surface area is 101 Å². The third kappa shape index (κ3) is 2.72. The second-order valence-corrected chi connectivity index (χ2v) is 5.14. The summed E-state index contributed by atoms with van der Waals surface area (Å²) in [6, 6.07) is 0. The average molecular weight is 234 g/mol. The summed E-state index contributed by atoms with van der Waals surface area (Å²) in [5.41, 5.74) is 0.747. The molecule has 2 rings (SSSR count). The van der Waals surface area contributed by atoms with Gasteiger partial charge in [-0.25, -0.2) is 9.97 Å². The molecule has 0 bridgehead atoms. The first-order valence-electron chi connectivity index (χ1n) is 5.81. The van der Waals surface area contributed by atoms with E-state index < -0.39 is 0 Å². The Morgan fingerprint density at radius 2 is 2.18 bits per heavy atom. The van der Waals surface area contributed by atoms with Crippen molar-refractivity contribution in [3.05, 3.63) is 18.1 Å². The van der Waals surface area contributed by atoms with Crippen LogP contribution in [0, 0.1) is 11.3 Å². The van der Waals surface area contributed by atoms with Gasteiger partial charge in [-0.15, -0.1) is 0 Å². The standard InChI is InChI=1S/C12H18N4O/c1-12(2)4-8(12)5-16-11(17)9-6-15-10(13-3)7-14-9/h6-8H,4-5H2,1-3H3,(H,13,15)(H,16,17). The highest BCUT2D eigenvalue weighted by Gasteiger charge is 2.45. The predicted octanol–water partition coefficient (Wildman–Crippen LogP) is 1.29. The van der Waals surface area contributed by atoms with Gasteiger partial charge in [-0.3, -0.25) is 4.79 Å². The van der Waals surface area contributed by atoms with Gasteiger partial charge in [0.1, 0.15) is 11.5 Å². The van der Waals surface area contributed by atoms with E-state index in [4.69, 9.17) is 0 Å². The molecular weight excluding hydrogens is 216 g/mol. The fourth-order valence-corrected chi connectivity index (χ4v) is 1.81. The molecule has 17 heavy (non-hydrogen) atoms. The minimum absolute atomic E-state index is 0.150. The van der Waals surface area contributed by atoms with E-state index in [0.717, 1.165) is 6.54 Å². The number of hydrogen-bond donors (Lipinski definition) is 2. The number of carbonyl (C=O) groups excluding carboxylic acids is 1. The molecule has 0 spiro atoms. The highest BCUT2D eigenvalue weighted by atomic mass is 16.1. The van der Waals surface area contributed by atoms with Crippen LogP contribution in [0.25, 0.3) is 0 Å².